The van der Waals surface area contributed by atoms with E-state index in [-0.39, 0.29) is 4.21 Å². The van der Waals surface area contributed by atoms with Crippen LogP contribution >= 0.6 is 34.3 Å². The average Bonchev–Trinajstić information content (AvgIpc) is 3.18. The molecule has 0 N–H and O–H groups in total. The van der Waals surface area contributed by atoms with Crippen LogP contribution in [0.25, 0.3) is 10.2 Å². The molecule has 0 saturated carbocycles. The Bertz CT molecular complexity index is 1170. The van der Waals surface area contributed by atoms with Crippen molar-refractivity contribution < 1.29 is 17.9 Å². The van der Waals surface area contributed by atoms with Gasteiger partial charge in [0.2, 0.25) is 4.80 Å². The maximum atomic E-state index is 12.6. The van der Waals surface area contributed by atoms with Crippen molar-refractivity contribution >= 4 is 54.5 Å². The van der Waals surface area contributed by atoms with Crippen molar-refractivity contribution in [2.45, 2.75) is 10.8 Å². The third-order valence-corrected chi connectivity index (χ3v) is 7.78. The summed E-state index contributed by atoms with van der Waals surface area (Å²) < 4.78 is 43.6. The smallest absolute Gasteiger partial charge is 0.294 e. The highest BCUT2D eigenvalue weighted by Crippen LogP contribution is 2.35. The van der Waals surface area contributed by atoms with Crippen LogP contribution in [-0.2, 0) is 16.6 Å². The molecule has 1 aromatic carbocycles. The largest absolute Gasteiger partial charge is 0.486 e. The van der Waals surface area contributed by atoms with Gasteiger partial charge in [0.1, 0.15) is 17.4 Å². The first-order chi connectivity index (χ1) is 12.5. The fourth-order valence-electron chi connectivity index (χ4n) is 2.57. The van der Waals surface area contributed by atoms with Crippen molar-refractivity contribution in [2.75, 3.05) is 13.2 Å². The maximum Gasteiger partial charge on any atom is 0.294 e. The number of thiophene rings is 1. The molecule has 0 atom stereocenters. The molecular formula is C16H13ClN2O4S3. The Morgan fingerprint density at radius 2 is 1.96 bits per heavy atom. The van der Waals surface area contributed by atoms with Crippen molar-refractivity contribution in [1.82, 2.24) is 4.57 Å². The molecule has 6 nitrogen and oxygen atoms in total. The Morgan fingerprint density at radius 1 is 1.23 bits per heavy atom. The number of hydrogen-bond acceptors (Lipinski definition) is 6. The molecule has 3 heterocycles. The topological polar surface area (TPSA) is 69.9 Å². The third-order valence-electron chi connectivity index (χ3n) is 3.66. The normalized spacial score (nSPS) is 14.7. The highest BCUT2D eigenvalue weighted by molar-refractivity contribution is 7.92. The molecule has 4 rings (SSSR count). The van der Waals surface area contributed by atoms with E-state index in [9.17, 15) is 8.42 Å². The average molecular weight is 429 g/mol. The fourth-order valence-corrected chi connectivity index (χ4v) is 6.28. The number of thiazole rings is 1. The van der Waals surface area contributed by atoms with Gasteiger partial charge in [0, 0.05) is 18.7 Å². The lowest BCUT2D eigenvalue weighted by Gasteiger charge is -2.18. The molecule has 2 aromatic heterocycles. The molecule has 1 aliphatic heterocycles. The van der Waals surface area contributed by atoms with E-state index in [0.29, 0.717) is 40.4 Å². The van der Waals surface area contributed by atoms with Crippen molar-refractivity contribution in [3.63, 3.8) is 0 Å². The van der Waals surface area contributed by atoms with E-state index in [0.717, 1.165) is 21.6 Å². The summed E-state index contributed by atoms with van der Waals surface area (Å²) in [6, 6.07) is 6.69. The van der Waals surface area contributed by atoms with Gasteiger partial charge >= 0.3 is 0 Å². The standard InChI is InChI=1S/C16H13ClN2O4S3/c1-2-5-19-10-8-11-12(23-7-6-22-11)9-13(10)24-16(19)18-26(20,21)15-4-3-14(17)25-15/h2-4,8-9H,1,5-7H2. The van der Waals surface area contributed by atoms with Crippen LogP contribution < -0.4 is 14.3 Å². The van der Waals surface area contributed by atoms with Gasteiger partial charge in [-0.15, -0.1) is 22.3 Å². The van der Waals surface area contributed by atoms with Crippen molar-refractivity contribution in [2.24, 2.45) is 4.40 Å². The van der Waals surface area contributed by atoms with E-state index in [1.807, 2.05) is 12.1 Å². The van der Waals surface area contributed by atoms with Crippen LogP contribution in [0.5, 0.6) is 11.5 Å². The molecule has 0 fully saturated rings. The van der Waals surface area contributed by atoms with Gasteiger partial charge in [0.15, 0.2) is 11.5 Å². The van der Waals surface area contributed by atoms with E-state index in [1.54, 1.807) is 16.7 Å². The number of allylic oxidation sites excluding steroid dienone is 1. The van der Waals surface area contributed by atoms with Crippen molar-refractivity contribution in [3.05, 3.63) is 46.1 Å². The van der Waals surface area contributed by atoms with Crippen LogP contribution in [0.15, 0.2) is 45.5 Å². The summed E-state index contributed by atoms with van der Waals surface area (Å²) in [5, 5.41) is 0. The summed E-state index contributed by atoms with van der Waals surface area (Å²) in [7, 11) is -3.85. The third kappa shape index (κ3) is 3.16. The molecule has 0 amide bonds. The second-order valence-corrected chi connectivity index (χ2v) is 9.93. The Kier molecular flexibility index (Phi) is 4.55. The van der Waals surface area contributed by atoms with Gasteiger partial charge in [0.05, 0.1) is 14.6 Å². The summed E-state index contributed by atoms with van der Waals surface area (Å²) in [4.78, 5) is 0.353. The summed E-state index contributed by atoms with van der Waals surface area (Å²) >= 11 is 8.11. The van der Waals surface area contributed by atoms with Gasteiger partial charge in [-0.05, 0) is 12.1 Å². The van der Waals surface area contributed by atoms with Crippen LogP contribution in [0.3, 0.4) is 0 Å². The quantitative estimate of drug-likeness (QED) is 0.594. The number of rotatable bonds is 4. The highest BCUT2D eigenvalue weighted by atomic mass is 35.5. The van der Waals surface area contributed by atoms with E-state index in [4.69, 9.17) is 21.1 Å². The summed E-state index contributed by atoms with van der Waals surface area (Å²) in [5.41, 5.74) is 0.817. The molecule has 136 valence electrons. The van der Waals surface area contributed by atoms with E-state index < -0.39 is 10.0 Å². The second kappa shape index (κ2) is 6.73. The Hall–Kier alpha value is -1.81. The molecule has 0 spiro atoms. The lowest BCUT2D eigenvalue weighted by molar-refractivity contribution is 0.172. The second-order valence-electron chi connectivity index (χ2n) is 5.37. The minimum atomic E-state index is -3.85. The summed E-state index contributed by atoms with van der Waals surface area (Å²) in [5.74, 6) is 1.29. The molecular weight excluding hydrogens is 416 g/mol. The van der Waals surface area contributed by atoms with Gasteiger partial charge in [0.25, 0.3) is 10.0 Å². The summed E-state index contributed by atoms with van der Waals surface area (Å²) in [6.07, 6.45) is 1.69. The SMILES string of the molecule is C=CCn1c(=NS(=O)(=O)c2ccc(Cl)s2)sc2cc3c(cc21)OCCO3. The number of nitrogens with zero attached hydrogens (tertiary/aromatic N) is 2. The van der Waals surface area contributed by atoms with Crippen LogP contribution in [0.1, 0.15) is 0 Å². The van der Waals surface area contributed by atoms with Gasteiger partial charge in [-0.25, -0.2) is 0 Å². The number of ether oxygens (including phenoxy) is 2. The zero-order chi connectivity index (χ0) is 18.3. The van der Waals surface area contributed by atoms with Crippen LogP contribution in [-0.4, -0.2) is 26.2 Å². The van der Waals surface area contributed by atoms with Crippen LogP contribution in [0.2, 0.25) is 4.34 Å². The molecule has 0 saturated heterocycles. The first-order valence-corrected chi connectivity index (χ1v) is 11.0. The minimum Gasteiger partial charge on any atom is -0.486 e. The Balaban J connectivity index is 1.94. The zero-order valence-corrected chi connectivity index (χ0v) is 16.6. The predicted molar refractivity (Wildman–Crippen MR) is 103 cm³/mol. The minimum absolute atomic E-state index is 0.107. The lowest BCUT2D eigenvalue weighted by atomic mass is 10.2. The number of halogens is 1. The Morgan fingerprint density at radius 3 is 2.62 bits per heavy atom. The molecule has 0 unspecified atom stereocenters. The molecule has 26 heavy (non-hydrogen) atoms. The molecule has 1 aliphatic rings. The van der Waals surface area contributed by atoms with Crippen LogP contribution in [0, 0.1) is 0 Å². The number of hydrogen-bond donors (Lipinski definition) is 0. The zero-order valence-electron chi connectivity index (χ0n) is 13.3. The molecule has 3 aromatic rings. The van der Waals surface area contributed by atoms with Crippen LogP contribution in [0.4, 0.5) is 0 Å². The monoisotopic (exact) mass is 428 g/mol. The first-order valence-electron chi connectivity index (χ1n) is 7.58. The van der Waals surface area contributed by atoms with E-state index in [2.05, 4.69) is 11.0 Å². The van der Waals surface area contributed by atoms with Gasteiger partial charge in [-0.2, -0.15) is 8.42 Å². The predicted octanol–water partition coefficient (Wildman–Crippen LogP) is 3.66. The molecule has 0 aliphatic carbocycles. The highest BCUT2D eigenvalue weighted by Gasteiger charge is 2.19. The molecule has 0 bridgehead atoms. The van der Waals surface area contributed by atoms with Gasteiger partial charge < -0.3 is 14.0 Å². The lowest BCUT2D eigenvalue weighted by Crippen LogP contribution is -2.17. The van der Waals surface area contributed by atoms with E-state index >= 15 is 0 Å². The number of sulfonamides is 1. The van der Waals surface area contributed by atoms with Crippen molar-refractivity contribution in [1.29, 1.82) is 0 Å². The van der Waals surface area contributed by atoms with Gasteiger partial charge in [-0.3, -0.25) is 0 Å². The Labute approximate surface area is 162 Å². The van der Waals surface area contributed by atoms with Crippen molar-refractivity contribution in [3.8, 4) is 11.5 Å². The maximum absolute atomic E-state index is 12.6. The number of benzene rings is 1. The fraction of sp³-hybridized carbons (Fsp3) is 0.188. The molecule has 10 heteroatoms. The number of fused-ring (bicyclic) bond motifs is 2. The molecule has 0 radical (unpaired) electrons. The first kappa shape index (κ1) is 17.6. The van der Waals surface area contributed by atoms with Gasteiger partial charge in [-0.1, -0.05) is 29.0 Å². The summed E-state index contributed by atoms with van der Waals surface area (Å²) in [6.45, 7) is 5.13. The van der Waals surface area contributed by atoms with E-state index in [1.165, 1.54) is 17.4 Å². The number of aromatic nitrogens is 1.